The van der Waals surface area contributed by atoms with Crippen molar-refractivity contribution in [1.29, 1.82) is 0 Å². The lowest BCUT2D eigenvalue weighted by Gasteiger charge is -2.15. The number of carbonyl (C=O) groups excluding carboxylic acids is 1. The lowest BCUT2D eigenvalue weighted by molar-refractivity contribution is -0.120. The Bertz CT molecular complexity index is 677. The number of hydrogen-bond acceptors (Lipinski definition) is 4. The molecule has 1 aliphatic rings. The summed E-state index contributed by atoms with van der Waals surface area (Å²) in [6.07, 6.45) is 0.862. The molecule has 4 nitrogen and oxygen atoms in total. The van der Waals surface area contributed by atoms with Crippen LogP contribution in [-0.2, 0) is 11.2 Å². The number of nitrogens with one attached hydrogen (secondary N) is 1. The van der Waals surface area contributed by atoms with Crippen LogP contribution in [-0.4, -0.2) is 30.9 Å². The molecule has 0 saturated heterocycles. The third-order valence-electron chi connectivity index (χ3n) is 3.96. The molecular formula is C19H21NO3S. The Morgan fingerprint density at radius 2 is 2.04 bits per heavy atom. The van der Waals surface area contributed by atoms with Gasteiger partial charge in [0.1, 0.15) is 17.6 Å². The minimum atomic E-state index is -0.165. The zero-order valence-electron chi connectivity index (χ0n) is 13.8. The van der Waals surface area contributed by atoms with Crippen LogP contribution in [0.3, 0.4) is 0 Å². The van der Waals surface area contributed by atoms with Gasteiger partial charge in [-0.05, 0) is 42.8 Å². The van der Waals surface area contributed by atoms with Crippen LogP contribution < -0.4 is 14.8 Å². The maximum atomic E-state index is 12.3. The van der Waals surface area contributed by atoms with Gasteiger partial charge in [0.15, 0.2) is 0 Å². The lowest BCUT2D eigenvalue weighted by atomic mass is 10.1. The van der Waals surface area contributed by atoms with Crippen molar-refractivity contribution in [3.05, 3.63) is 54.1 Å². The normalized spacial score (nSPS) is 16.8. The summed E-state index contributed by atoms with van der Waals surface area (Å²) in [7, 11) is 1.64. The summed E-state index contributed by atoms with van der Waals surface area (Å²) in [4.78, 5) is 13.3. The van der Waals surface area contributed by atoms with Gasteiger partial charge in [0.05, 0.1) is 18.9 Å². The first kappa shape index (κ1) is 16.7. The highest BCUT2D eigenvalue weighted by Gasteiger charge is 2.23. The van der Waals surface area contributed by atoms with Crippen molar-refractivity contribution in [3.8, 4) is 11.5 Å². The Morgan fingerprint density at radius 3 is 2.75 bits per heavy atom. The molecule has 0 radical (unpaired) electrons. The molecule has 0 bridgehead atoms. The summed E-state index contributed by atoms with van der Waals surface area (Å²) >= 11 is 1.53. The average molecular weight is 343 g/mol. The SMILES string of the molecule is COc1ccc(SC(C)C(=O)NCC2Cc3ccccc3O2)cc1. The standard InChI is InChI=1S/C19H21NO3S/c1-13(24-17-9-7-15(22-2)8-10-17)19(21)20-12-16-11-14-5-3-4-6-18(14)23-16/h3-10,13,16H,11-12H2,1-2H3,(H,20,21). The molecule has 2 unspecified atom stereocenters. The third kappa shape index (κ3) is 4.03. The Kier molecular flexibility index (Phi) is 5.30. The van der Waals surface area contributed by atoms with Crippen LogP contribution in [0.2, 0.25) is 0 Å². The topological polar surface area (TPSA) is 47.6 Å². The number of hydrogen-bond donors (Lipinski definition) is 1. The van der Waals surface area contributed by atoms with Crippen LogP contribution in [0, 0.1) is 0 Å². The van der Waals surface area contributed by atoms with Gasteiger partial charge in [-0.15, -0.1) is 11.8 Å². The predicted molar refractivity (Wildman–Crippen MR) is 95.9 cm³/mol. The number of para-hydroxylation sites is 1. The highest BCUT2D eigenvalue weighted by Crippen LogP contribution is 2.28. The predicted octanol–water partition coefficient (Wildman–Crippen LogP) is 3.30. The van der Waals surface area contributed by atoms with E-state index < -0.39 is 0 Å². The van der Waals surface area contributed by atoms with Crippen LogP contribution in [0.4, 0.5) is 0 Å². The summed E-state index contributed by atoms with van der Waals surface area (Å²) < 4.78 is 11.0. The van der Waals surface area contributed by atoms with E-state index in [2.05, 4.69) is 11.4 Å². The lowest BCUT2D eigenvalue weighted by Crippen LogP contribution is -2.38. The summed E-state index contributed by atoms with van der Waals surface area (Å²) in [5.74, 6) is 1.77. The number of methoxy groups -OCH3 is 1. The fourth-order valence-electron chi connectivity index (χ4n) is 2.64. The van der Waals surface area contributed by atoms with E-state index in [1.54, 1.807) is 7.11 Å². The van der Waals surface area contributed by atoms with E-state index >= 15 is 0 Å². The van der Waals surface area contributed by atoms with E-state index in [1.165, 1.54) is 17.3 Å². The monoisotopic (exact) mass is 343 g/mol. The molecule has 3 rings (SSSR count). The zero-order chi connectivity index (χ0) is 16.9. The second-order valence-electron chi connectivity index (χ2n) is 5.73. The molecule has 1 N–H and O–H groups in total. The highest BCUT2D eigenvalue weighted by molar-refractivity contribution is 8.00. The second kappa shape index (κ2) is 7.62. The first-order valence-electron chi connectivity index (χ1n) is 7.98. The molecule has 1 amide bonds. The van der Waals surface area contributed by atoms with Crippen LogP contribution in [0.15, 0.2) is 53.4 Å². The molecule has 126 valence electrons. The Labute approximate surface area is 146 Å². The molecular weight excluding hydrogens is 322 g/mol. The Balaban J connectivity index is 1.46. The first-order valence-corrected chi connectivity index (χ1v) is 8.86. The van der Waals surface area contributed by atoms with Gasteiger partial charge in [0, 0.05) is 11.3 Å². The fourth-order valence-corrected chi connectivity index (χ4v) is 3.53. The van der Waals surface area contributed by atoms with Crippen molar-refractivity contribution < 1.29 is 14.3 Å². The minimum absolute atomic E-state index is 0.0181. The van der Waals surface area contributed by atoms with Crippen molar-refractivity contribution in [2.75, 3.05) is 13.7 Å². The zero-order valence-corrected chi connectivity index (χ0v) is 14.6. The van der Waals surface area contributed by atoms with E-state index in [-0.39, 0.29) is 17.3 Å². The summed E-state index contributed by atoms with van der Waals surface area (Å²) in [5.41, 5.74) is 1.21. The van der Waals surface area contributed by atoms with Crippen molar-refractivity contribution in [1.82, 2.24) is 5.32 Å². The van der Waals surface area contributed by atoms with Crippen LogP contribution in [0.25, 0.3) is 0 Å². The van der Waals surface area contributed by atoms with Gasteiger partial charge in [-0.1, -0.05) is 18.2 Å². The number of fused-ring (bicyclic) bond motifs is 1. The number of benzene rings is 2. The van der Waals surface area contributed by atoms with Gasteiger partial charge in [-0.25, -0.2) is 0 Å². The Hall–Kier alpha value is -2.14. The summed E-state index contributed by atoms with van der Waals surface area (Å²) in [6, 6.07) is 15.7. The minimum Gasteiger partial charge on any atom is -0.497 e. The van der Waals surface area contributed by atoms with Crippen LogP contribution in [0.1, 0.15) is 12.5 Å². The first-order chi connectivity index (χ1) is 11.7. The number of amides is 1. The molecule has 0 saturated carbocycles. The maximum absolute atomic E-state index is 12.3. The molecule has 5 heteroatoms. The molecule has 0 aromatic heterocycles. The van der Waals surface area contributed by atoms with E-state index in [9.17, 15) is 4.79 Å². The van der Waals surface area contributed by atoms with Crippen molar-refractivity contribution in [3.63, 3.8) is 0 Å². The molecule has 0 spiro atoms. The van der Waals surface area contributed by atoms with Crippen LogP contribution in [0.5, 0.6) is 11.5 Å². The van der Waals surface area contributed by atoms with Gasteiger partial charge >= 0.3 is 0 Å². The van der Waals surface area contributed by atoms with Gasteiger partial charge in [0.25, 0.3) is 0 Å². The fraction of sp³-hybridized carbons (Fsp3) is 0.316. The molecule has 1 aliphatic heterocycles. The summed E-state index contributed by atoms with van der Waals surface area (Å²) in [5, 5.41) is 2.83. The van der Waals surface area contributed by atoms with Crippen LogP contribution >= 0.6 is 11.8 Å². The molecule has 2 aromatic carbocycles. The largest absolute Gasteiger partial charge is 0.497 e. The number of ether oxygens (including phenoxy) is 2. The summed E-state index contributed by atoms with van der Waals surface area (Å²) in [6.45, 7) is 2.44. The van der Waals surface area contributed by atoms with Gasteiger partial charge in [0.2, 0.25) is 5.91 Å². The van der Waals surface area contributed by atoms with E-state index in [1.807, 2.05) is 49.4 Å². The number of rotatable bonds is 6. The average Bonchev–Trinajstić information content (AvgIpc) is 3.03. The Morgan fingerprint density at radius 1 is 1.29 bits per heavy atom. The number of thioether (sulfide) groups is 1. The molecule has 0 fully saturated rings. The quantitative estimate of drug-likeness (QED) is 0.818. The van der Waals surface area contributed by atoms with Crippen molar-refractivity contribution in [2.24, 2.45) is 0 Å². The molecule has 1 heterocycles. The van der Waals surface area contributed by atoms with Gasteiger partial charge in [-0.2, -0.15) is 0 Å². The highest BCUT2D eigenvalue weighted by atomic mass is 32.2. The van der Waals surface area contributed by atoms with E-state index in [0.29, 0.717) is 6.54 Å². The second-order valence-corrected chi connectivity index (χ2v) is 7.15. The maximum Gasteiger partial charge on any atom is 0.233 e. The molecule has 2 aromatic rings. The molecule has 0 aliphatic carbocycles. The molecule has 24 heavy (non-hydrogen) atoms. The van der Waals surface area contributed by atoms with Gasteiger partial charge in [-0.3, -0.25) is 4.79 Å². The van der Waals surface area contributed by atoms with Crippen molar-refractivity contribution >= 4 is 17.7 Å². The molecule has 2 atom stereocenters. The van der Waals surface area contributed by atoms with E-state index in [4.69, 9.17) is 9.47 Å². The van der Waals surface area contributed by atoms with Crippen molar-refractivity contribution in [2.45, 2.75) is 29.6 Å². The van der Waals surface area contributed by atoms with Gasteiger partial charge < -0.3 is 14.8 Å². The smallest absolute Gasteiger partial charge is 0.233 e. The van der Waals surface area contributed by atoms with E-state index in [0.717, 1.165) is 22.8 Å². The number of carbonyl (C=O) groups is 1. The third-order valence-corrected chi connectivity index (χ3v) is 5.07.